The molecule has 2 unspecified atom stereocenters. The Morgan fingerprint density at radius 2 is 1.95 bits per heavy atom. The van der Waals surface area contributed by atoms with Crippen molar-refractivity contribution in [3.63, 3.8) is 0 Å². The summed E-state index contributed by atoms with van der Waals surface area (Å²) >= 11 is 0. The lowest BCUT2D eigenvalue weighted by Crippen LogP contribution is -2.56. The summed E-state index contributed by atoms with van der Waals surface area (Å²) in [5, 5.41) is 3.74. The molecule has 104 valence electrons. The first-order chi connectivity index (χ1) is 9.16. The number of piperazine rings is 1. The number of anilines is 1. The number of hydrogen-bond acceptors (Lipinski definition) is 2. The topological polar surface area (TPSA) is 15.3 Å². The number of nitrogens with one attached hydrogen (secondary N) is 1. The maximum Gasteiger partial charge on any atom is 0.0404 e. The molecule has 2 atom stereocenters. The van der Waals surface area contributed by atoms with Crippen LogP contribution in [-0.2, 0) is 0 Å². The van der Waals surface area contributed by atoms with Gasteiger partial charge in [-0.05, 0) is 43.2 Å². The zero-order valence-electron chi connectivity index (χ0n) is 12.4. The Bertz CT molecular complexity index is 437. The van der Waals surface area contributed by atoms with Crippen LogP contribution in [-0.4, -0.2) is 25.2 Å². The first kappa shape index (κ1) is 13.0. The van der Waals surface area contributed by atoms with Gasteiger partial charge in [0.15, 0.2) is 0 Å². The van der Waals surface area contributed by atoms with Crippen LogP contribution >= 0.6 is 0 Å². The fraction of sp³-hybridized carbons (Fsp3) is 0.647. The number of benzene rings is 1. The molecule has 1 saturated heterocycles. The van der Waals surface area contributed by atoms with Crippen LogP contribution in [0.2, 0.25) is 0 Å². The molecule has 2 nitrogen and oxygen atoms in total. The zero-order chi connectivity index (χ0) is 13.4. The SMILES string of the molecule is CC(C)c1ccccc1N1CC(C2CC2)NCC1C. The van der Waals surface area contributed by atoms with Crippen molar-refractivity contribution in [2.45, 2.75) is 51.6 Å². The Morgan fingerprint density at radius 3 is 2.63 bits per heavy atom. The summed E-state index contributed by atoms with van der Waals surface area (Å²) in [6, 6.07) is 10.3. The van der Waals surface area contributed by atoms with Crippen molar-refractivity contribution in [3.8, 4) is 0 Å². The minimum Gasteiger partial charge on any atom is -0.366 e. The standard InChI is InChI=1S/C17H26N2/c1-12(2)15-6-4-5-7-17(15)19-11-16(14-8-9-14)18-10-13(19)3/h4-7,12-14,16,18H,8-11H2,1-3H3. The predicted molar refractivity (Wildman–Crippen MR) is 81.9 cm³/mol. The second-order valence-corrected chi connectivity index (χ2v) is 6.57. The summed E-state index contributed by atoms with van der Waals surface area (Å²) in [6.07, 6.45) is 2.84. The summed E-state index contributed by atoms with van der Waals surface area (Å²) in [6.45, 7) is 9.23. The van der Waals surface area contributed by atoms with E-state index in [2.05, 4.69) is 55.3 Å². The van der Waals surface area contributed by atoms with E-state index in [1.54, 1.807) is 0 Å². The van der Waals surface area contributed by atoms with Crippen LogP contribution in [0.5, 0.6) is 0 Å². The summed E-state index contributed by atoms with van der Waals surface area (Å²) in [5.74, 6) is 1.53. The molecule has 1 aliphatic heterocycles. The Morgan fingerprint density at radius 1 is 1.21 bits per heavy atom. The summed E-state index contributed by atoms with van der Waals surface area (Å²) in [7, 11) is 0. The van der Waals surface area contributed by atoms with Gasteiger partial charge in [0.25, 0.3) is 0 Å². The molecule has 2 aliphatic rings. The minimum atomic E-state index is 0.592. The molecule has 2 fully saturated rings. The average Bonchev–Trinajstić information content (AvgIpc) is 3.24. The quantitative estimate of drug-likeness (QED) is 0.894. The summed E-state index contributed by atoms with van der Waals surface area (Å²) in [4.78, 5) is 2.63. The van der Waals surface area contributed by atoms with E-state index in [0.29, 0.717) is 18.0 Å². The van der Waals surface area contributed by atoms with E-state index in [0.717, 1.165) is 12.5 Å². The molecular formula is C17H26N2. The first-order valence-corrected chi connectivity index (χ1v) is 7.75. The highest BCUT2D eigenvalue weighted by atomic mass is 15.2. The van der Waals surface area contributed by atoms with Crippen LogP contribution in [0.25, 0.3) is 0 Å². The molecule has 1 saturated carbocycles. The van der Waals surface area contributed by atoms with Gasteiger partial charge in [-0.2, -0.15) is 0 Å². The minimum absolute atomic E-state index is 0.592. The van der Waals surface area contributed by atoms with E-state index in [1.807, 2.05) is 0 Å². The van der Waals surface area contributed by atoms with Crippen molar-refractivity contribution in [1.82, 2.24) is 5.32 Å². The molecule has 3 rings (SSSR count). The first-order valence-electron chi connectivity index (χ1n) is 7.75. The van der Waals surface area contributed by atoms with Gasteiger partial charge in [0.05, 0.1) is 0 Å². The van der Waals surface area contributed by atoms with Gasteiger partial charge in [-0.15, -0.1) is 0 Å². The van der Waals surface area contributed by atoms with E-state index in [9.17, 15) is 0 Å². The van der Waals surface area contributed by atoms with Crippen molar-refractivity contribution >= 4 is 5.69 Å². The summed E-state index contributed by atoms with van der Waals surface area (Å²) in [5.41, 5.74) is 2.95. The van der Waals surface area contributed by atoms with Gasteiger partial charge in [-0.1, -0.05) is 32.0 Å². The third kappa shape index (κ3) is 2.64. The van der Waals surface area contributed by atoms with Gasteiger partial charge in [0.2, 0.25) is 0 Å². The highest BCUT2D eigenvalue weighted by Gasteiger charge is 2.36. The van der Waals surface area contributed by atoms with Crippen LogP contribution in [0.4, 0.5) is 5.69 Å². The number of hydrogen-bond donors (Lipinski definition) is 1. The molecule has 1 aromatic carbocycles. The maximum atomic E-state index is 3.74. The molecule has 2 heteroatoms. The van der Waals surface area contributed by atoms with Crippen LogP contribution in [0.15, 0.2) is 24.3 Å². The molecule has 1 aromatic rings. The van der Waals surface area contributed by atoms with Crippen molar-refractivity contribution in [2.75, 3.05) is 18.0 Å². The summed E-state index contributed by atoms with van der Waals surface area (Å²) < 4.78 is 0. The third-order valence-corrected chi connectivity index (χ3v) is 4.66. The lowest BCUT2D eigenvalue weighted by molar-refractivity contribution is 0.375. The molecule has 0 amide bonds. The average molecular weight is 258 g/mol. The molecule has 1 aliphatic carbocycles. The van der Waals surface area contributed by atoms with Crippen LogP contribution in [0.3, 0.4) is 0 Å². The lowest BCUT2D eigenvalue weighted by Gasteiger charge is -2.42. The Hall–Kier alpha value is -1.02. The highest BCUT2D eigenvalue weighted by Crippen LogP contribution is 2.36. The van der Waals surface area contributed by atoms with Crippen molar-refractivity contribution < 1.29 is 0 Å². The molecule has 0 spiro atoms. The molecule has 19 heavy (non-hydrogen) atoms. The normalized spacial score (nSPS) is 27.9. The number of rotatable bonds is 3. The molecule has 1 N–H and O–H groups in total. The van der Waals surface area contributed by atoms with E-state index < -0.39 is 0 Å². The van der Waals surface area contributed by atoms with Crippen molar-refractivity contribution in [2.24, 2.45) is 5.92 Å². The fourth-order valence-corrected chi connectivity index (χ4v) is 3.28. The zero-order valence-corrected chi connectivity index (χ0v) is 12.4. The van der Waals surface area contributed by atoms with Gasteiger partial charge in [0, 0.05) is 30.9 Å². The van der Waals surface area contributed by atoms with Crippen molar-refractivity contribution in [3.05, 3.63) is 29.8 Å². The van der Waals surface area contributed by atoms with Crippen LogP contribution < -0.4 is 10.2 Å². The molecule has 0 aromatic heterocycles. The van der Waals surface area contributed by atoms with Crippen LogP contribution in [0, 0.1) is 5.92 Å². The van der Waals surface area contributed by atoms with E-state index in [-0.39, 0.29) is 0 Å². The van der Waals surface area contributed by atoms with Crippen molar-refractivity contribution in [1.29, 1.82) is 0 Å². The second kappa shape index (κ2) is 5.16. The molecule has 0 radical (unpaired) electrons. The molecular weight excluding hydrogens is 232 g/mol. The van der Waals surface area contributed by atoms with Gasteiger partial charge >= 0.3 is 0 Å². The Kier molecular flexibility index (Phi) is 3.53. The number of nitrogens with zero attached hydrogens (tertiary/aromatic N) is 1. The third-order valence-electron chi connectivity index (χ3n) is 4.66. The fourth-order valence-electron chi connectivity index (χ4n) is 3.28. The van der Waals surface area contributed by atoms with Gasteiger partial charge < -0.3 is 10.2 Å². The van der Waals surface area contributed by atoms with E-state index in [1.165, 1.54) is 30.6 Å². The predicted octanol–water partition coefficient (Wildman–Crippen LogP) is 3.39. The monoisotopic (exact) mass is 258 g/mol. The van der Waals surface area contributed by atoms with E-state index >= 15 is 0 Å². The second-order valence-electron chi connectivity index (χ2n) is 6.57. The lowest BCUT2D eigenvalue weighted by atomic mass is 9.97. The van der Waals surface area contributed by atoms with Gasteiger partial charge in [-0.3, -0.25) is 0 Å². The van der Waals surface area contributed by atoms with E-state index in [4.69, 9.17) is 0 Å². The van der Waals surface area contributed by atoms with Gasteiger partial charge in [0.1, 0.15) is 0 Å². The smallest absolute Gasteiger partial charge is 0.0404 e. The molecule has 1 heterocycles. The van der Waals surface area contributed by atoms with Crippen LogP contribution in [0.1, 0.15) is 45.1 Å². The molecule has 0 bridgehead atoms. The highest BCUT2D eigenvalue weighted by molar-refractivity contribution is 5.56. The van der Waals surface area contributed by atoms with Gasteiger partial charge in [-0.25, -0.2) is 0 Å². The maximum absolute atomic E-state index is 3.74. The largest absolute Gasteiger partial charge is 0.366 e. The Labute approximate surface area is 117 Å². The Balaban J connectivity index is 1.86. The number of para-hydroxylation sites is 1.